The first-order chi connectivity index (χ1) is 8.52. The van der Waals surface area contributed by atoms with E-state index in [1.54, 1.807) is 24.5 Å². The average molecular weight is 272 g/mol. The molecule has 2 rings (SSSR count). The molecule has 0 saturated heterocycles. The summed E-state index contributed by atoms with van der Waals surface area (Å²) in [4.78, 5) is 3.94. The summed E-state index contributed by atoms with van der Waals surface area (Å²) in [7, 11) is 0. The maximum atomic E-state index is 12.6. The van der Waals surface area contributed by atoms with Crippen LogP contribution in [-0.4, -0.2) is 4.98 Å². The zero-order valence-electron chi connectivity index (χ0n) is 9.21. The Balaban J connectivity index is 2.51. The molecule has 94 valence electrons. The number of halogens is 4. The minimum absolute atomic E-state index is 0.0220. The van der Waals surface area contributed by atoms with Crippen LogP contribution in [0.1, 0.15) is 11.1 Å². The highest BCUT2D eigenvalue weighted by Gasteiger charge is 2.30. The summed E-state index contributed by atoms with van der Waals surface area (Å²) in [5, 5.41) is 0. The van der Waals surface area contributed by atoms with Gasteiger partial charge >= 0.3 is 6.18 Å². The van der Waals surface area contributed by atoms with E-state index in [4.69, 9.17) is 11.6 Å². The van der Waals surface area contributed by atoms with Crippen LogP contribution in [-0.2, 0) is 12.1 Å². The average Bonchev–Trinajstić information content (AvgIpc) is 2.38. The Bertz CT molecular complexity index is 538. The van der Waals surface area contributed by atoms with Gasteiger partial charge in [0.1, 0.15) is 0 Å². The van der Waals surface area contributed by atoms with Gasteiger partial charge in [0.15, 0.2) is 0 Å². The Morgan fingerprint density at radius 1 is 1.17 bits per heavy atom. The van der Waals surface area contributed by atoms with E-state index < -0.39 is 11.7 Å². The SMILES string of the molecule is FC(F)(F)c1ccc(-c2cccnc2)c(CCl)c1. The Morgan fingerprint density at radius 3 is 2.50 bits per heavy atom. The predicted molar refractivity (Wildman–Crippen MR) is 64.2 cm³/mol. The Hall–Kier alpha value is -1.55. The number of nitrogens with zero attached hydrogens (tertiary/aromatic N) is 1. The first-order valence-electron chi connectivity index (χ1n) is 5.19. The lowest BCUT2D eigenvalue weighted by Gasteiger charge is -2.12. The molecule has 0 bridgehead atoms. The molecular weight excluding hydrogens is 263 g/mol. The Morgan fingerprint density at radius 2 is 1.94 bits per heavy atom. The highest BCUT2D eigenvalue weighted by molar-refractivity contribution is 6.17. The molecule has 0 aliphatic rings. The molecule has 0 unspecified atom stereocenters. The van der Waals surface area contributed by atoms with Gasteiger partial charge in [0.2, 0.25) is 0 Å². The molecule has 1 nitrogen and oxygen atoms in total. The van der Waals surface area contributed by atoms with Gasteiger partial charge in [0.05, 0.1) is 5.56 Å². The Kier molecular flexibility index (Phi) is 3.57. The van der Waals surface area contributed by atoms with E-state index in [0.717, 1.165) is 17.7 Å². The lowest BCUT2D eigenvalue weighted by atomic mass is 9.99. The summed E-state index contributed by atoms with van der Waals surface area (Å²) in [6.07, 6.45) is -1.15. The van der Waals surface area contributed by atoms with Crippen LogP contribution in [0.5, 0.6) is 0 Å². The van der Waals surface area contributed by atoms with Crippen molar-refractivity contribution in [2.24, 2.45) is 0 Å². The zero-order chi connectivity index (χ0) is 13.2. The second-order valence-corrected chi connectivity index (χ2v) is 4.01. The quantitative estimate of drug-likeness (QED) is 0.733. The minimum Gasteiger partial charge on any atom is -0.264 e. The molecule has 0 fully saturated rings. The number of aromatic nitrogens is 1. The van der Waals surface area contributed by atoms with E-state index in [9.17, 15) is 13.2 Å². The summed E-state index contributed by atoms with van der Waals surface area (Å²) in [6, 6.07) is 7.07. The van der Waals surface area contributed by atoms with Crippen molar-refractivity contribution in [2.45, 2.75) is 12.1 Å². The number of alkyl halides is 4. The molecule has 1 heterocycles. The predicted octanol–water partition coefficient (Wildman–Crippen LogP) is 4.51. The molecule has 0 aliphatic heterocycles. The summed E-state index contributed by atoms with van der Waals surface area (Å²) in [6.45, 7) is 0. The molecular formula is C13H9ClF3N. The Labute approximate surface area is 107 Å². The fraction of sp³-hybridized carbons (Fsp3) is 0.154. The van der Waals surface area contributed by atoms with E-state index in [0.29, 0.717) is 11.1 Å². The van der Waals surface area contributed by atoms with Crippen molar-refractivity contribution in [1.82, 2.24) is 4.98 Å². The van der Waals surface area contributed by atoms with Gasteiger partial charge in [-0.05, 0) is 29.3 Å². The smallest absolute Gasteiger partial charge is 0.264 e. The standard InChI is InChI=1S/C13H9ClF3N/c14-7-10-6-11(13(15,16)17)3-4-12(10)9-2-1-5-18-8-9/h1-6,8H,7H2. The second kappa shape index (κ2) is 4.98. The van der Waals surface area contributed by atoms with Gasteiger partial charge in [0, 0.05) is 23.8 Å². The van der Waals surface area contributed by atoms with Crippen LogP contribution in [0.3, 0.4) is 0 Å². The van der Waals surface area contributed by atoms with Crippen molar-refractivity contribution in [1.29, 1.82) is 0 Å². The van der Waals surface area contributed by atoms with Gasteiger partial charge in [-0.1, -0.05) is 12.1 Å². The second-order valence-electron chi connectivity index (χ2n) is 3.75. The van der Waals surface area contributed by atoms with E-state index >= 15 is 0 Å². The summed E-state index contributed by atoms with van der Waals surface area (Å²) in [5.74, 6) is 0.0220. The highest BCUT2D eigenvalue weighted by atomic mass is 35.5. The van der Waals surface area contributed by atoms with Gasteiger partial charge in [-0.2, -0.15) is 13.2 Å². The van der Waals surface area contributed by atoms with Crippen LogP contribution in [0, 0.1) is 0 Å². The molecule has 0 N–H and O–H groups in total. The number of hydrogen-bond donors (Lipinski definition) is 0. The van der Waals surface area contributed by atoms with Gasteiger partial charge in [-0.3, -0.25) is 4.98 Å². The lowest BCUT2D eigenvalue weighted by Crippen LogP contribution is -2.05. The summed E-state index contributed by atoms with van der Waals surface area (Å²) < 4.78 is 37.7. The van der Waals surface area contributed by atoms with Crippen molar-refractivity contribution in [3.63, 3.8) is 0 Å². The zero-order valence-corrected chi connectivity index (χ0v) is 9.96. The van der Waals surface area contributed by atoms with Gasteiger partial charge in [-0.25, -0.2) is 0 Å². The van der Waals surface area contributed by atoms with Crippen LogP contribution >= 0.6 is 11.6 Å². The molecule has 18 heavy (non-hydrogen) atoms. The first kappa shape index (κ1) is 12.9. The van der Waals surface area contributed by atoms with E-state index in [1.807, 2.05) is 0 Å². The van der Waals surface area contributed by atoms with Crippen LogP contribution < -0.4 is 0 Å². The van der Waals surface area contributed by atoms with Gasteiger partial charge in [-0.15, -0.1) is 11.6 Å². The van der Waals surface area contributed by atoms with E-state index in [-0.39, 0.29) is 5.88 Å². The number of benzene rings is 1. The molecule has 0 saturated carbocycles. The van der Waals surface area contributed by atoms with Crippen LogP contribution in [0.15, 0.2) is 42.7 Å². The third-order valence-corrected chi connectivity index (χ3v) is 2.84. The normalized spacial score (nSPS) is 11.6. The largest absolute Gasteiger partial charge is 0.416 e. The van der Waals surface area contributed by atoms with Gasteiger partial charge < -0.3 is 0 Å². The maximum absolute atomic E-state index is 12.6. The molecule has 0 amide bonds. The third-order valence-electron chi connectivity index (χ3n) is 2.55. The van der Waals surface area contributed by atoms with Crippen LogP contribution in [0.4, 0.5) is 13.2 Å². The van der Waals surface area contributed by atoms with E-state index in [1.165, 1.54) is 6.07 Å². The van der Waals surface area contributed by atoms with Crippen molar-refractivity contribution < 1.29 is 13.2 Å². The highest BCUT2D eigenvalue weighted by Crippen LogP contribution is 2.33. The third kappa shape index (κ3) is 2.64. The van der Waals surface area contributed by atoms with Crippen molar-refractivity contribution in [3.05, 3.63) is 53.9 Å². The van der Waals surface area contributed by atoms with Gasteiger partial charge in [0.25, 0.3) is 0 Å². The minimum atomic E-state index is -4.35. The fourth-order valence-electron chi connectivity index (χ4n) is 1.68. The molecule has 0 radical (unpaired) electrons. The molecule has 0 aliphatic carbocycles. The van der Waals surface area contributed by atoms with Crippen LogP contribution in [0.25, 0.3) is 11.1 Å². The molecule has 1 aromatic heterocycles. The number of pyridine rings is 1. The monoisotopic (exact) mass is 271 g/mol. The topological polar surface area (TPSA) is 12.9 Å². The number of rotatable bonds is 2. The maximum Gasteiger partial charge on any atom is 0.416 e. The summed E-state index contributed by atoms with van der Waals surface area (Å²) >= 11 is 5.72. The first-order valence-corrected chi connectivity index (χ1v) is 5.72. The van der Waals surface area contributed by atoms with Crippen LogP contribution in [0.2, 0.25) is 0 Å². The lowest BCUT2D eigenvalue weighted by molar-refractivity contribution is -0.137. The molecule has 2 aromatic rings. The molecule has 1 aromatic carbocycles. The van der Waals surface area contributed by atoms with Crippen molar-refractivity contribution in [3.8, 4) is 11.1 Å². The summed E-state index contributed by atoms with van der Waals surface area (Å²) in [5.41, 5.74) is 1.18. The van der Waals surface area contributed by atoms with E-state index in [2.05, 4.69) is 4.98 Å². The fourth-order valence-corrected chi connectivity index (χ4v) is 1.91. The molecule has 0 spiro atoms. The van der Waals surface area contributed by atoms with Crippen molar-refractivity contribution >= 4 is 11.6 Å². The van der Waals surface area contributed by atoms with Crippen molar-refractivity contribution in [2.75, 3.05) is 0 Å². The number of hydrogen-bond acceptors (Lipinski definition) is 1. The molecule has 0 atom stereocenters. The molecule has 5 heteroatoms.